The molecule has 0 saturated carbocycles. The monoisotopic (exact) mass is 463 g/mol. The summed E-state index contributed by atoms with van der Waals surface area (Å²) in [7, 11) is -1.39. The van der Waals surface area contributed by atoms with Gasteiger partial charge in [0, 0.05) is 25.0 Å². The summed E-state index contributed by atoms with van der Waals surface area (Å²) in [6.45, 7) is -0.0183. The van der Waals surface area contributed by atoms with Crippen molar-refractivity contribution in [2.45, 2.75) is 43.7 Å². The van der Waals surface area contributed by atoms with Gasteiger partial charge in [-0.2, -0.15) is 14.0 Å². The Kier molecular flexibility index (Phi) is 8.19. The lowest BCUT2D eigenvalue weighted by Crippen LogP contribution is -2.40. The highest BCUT2D eigenvalue weighted by Gasteiger charge is 2.25. The fraction of sp³-hybridized carbons (Fsp3) is 0.429. The number of ether oxygens (including phenoxy) is 1. The van der Waals surface area contributed by atoms with Crippen molar-refractivity contribution in [3.05, 3.63) is 41.7 Å². The predicted molar refractivity (Wildman–Crippen MR) is 113 cm³/mol. The van der Waals surface area contributed by atoms with Crippen molar-refractivity contribution in [1.29, 1.82) is 5.26 Å². The summed E-state index contributed by atoms with van der Waals surface area (Å²) in [4.78, 5) is 19.5. The van der Waals surface area contributed by atoms with Gasteiger partial charge in [0.2, 0.25) is 5.95 Å². The summed E-state index contributed by atoms with van der Waals surface area (Å²) in [5.74, 6) is -0.0295. The average molecular weight is 464 g/mol. The second-order valence-corrected chi connectivity index (χ2v) is 8.95. The molecule has 1 aromatic carbocycles. The number of nitrogens with zero attached hydrogens (tertiary/aromatic N) is 4. The Morgan fingerprint density at radius 3 is 2.62 bits per heavy atom. The lowest BCUT2D eigenvalue weighted by Gasteiger charge is -2.31. The van der Waals surface area contributed by atoms with E-state index in [-0.39, 0.29) is 17.7 Å². The lowest BCUT2D eigenvalue weighted by molar-refractivity contribution is -0.110. The number of rotatable bonds is 9. The van der Waals surface area contributed by atoms with Crippen LogP contribution in [0.5, 0.6) is 5.75 Å². The molecule has 1 fully saturated rings. The molecule has 1 N–H and O–H groups in total. The zero-order chi connectivity index (χ0) is 23.1. The van der Waals surface area contributed by atoms with Crippen LogP contribution in [0.4, 0.5) is 14.7 Å². The number of piperidine rings is 1. The highest BCUT2D eigenvalue weighted by molar-refractivity contribution is 7.82. The Morgan fingerprint density at radius 1 is 1.34 bits per heavy atom. The molecule has 0 spiro atoms. The summed E-state index contributed by atoms with van der Waals surface area (Å²) in [5, 5.41) is 12.5. The Hall–Kier alpha value is -2.97. The van der Waals surface area contributed by atoms with Crippen molar-refractivity contribution in [3.63, 3.8) is 0 Å². The molecule has 11 heteroatoms. The normalized spacial score (nSPS) is 16.8. The van der Waals surface area contributed by atoms with E-state index in [1.54, 1.807) is 25.1 Å². The van der Waals surface area contributed by atoms with Crippen LogP contribution in [0.1, 0.15) is 30.9 Å². The van der Waals surface area contributed by atoms with Crippen molar-refractivity contribution in [3.8, 4) is 11.8 Å². The molecule has 1 aliphatic heterocycles. The number of carbonyl (C=O) groups excluding carboxylic acids is 1. The van der Waals surface area contributed by atoms with Gasteiger partial charge in [0.15, 0.2) is 5.75 Å². The topological polar surface area (TPSA) is 108 Å². The minimum Gasteiger partial charge on any atom is -0.432 e. The Labute approximate surface area is 187 Å². The number of hydrogen-bond acceptors (Lipinski definition) is 7. The van der Waals surface area contributed by atoms with Crippen molar-refractivity contribution >= 4 is 23.2 Å². The Morgan fingerprint density at radius 2 is 2.03 bits per heavy atom. The van der Waals surface area contributed by atoms with Gasteiger partial charge >= 0.3 is 6.61 Å². The van der Waals surface area contributed by atoms with Crippen LogP contribution in [0.25, 0.3) is 0 Å². The third-order valence-electron chi connectivity index (χ3n) is 5.05. The molecule has 0 radical (unpaired) electrons. The van der Waals surface area contributed by atoms with Crippen molar-refractivity contribution in [1.82, 2.24) is 14.3 Å². The van der Waals surface area contributed by atoms with Gasteiger partial charge in [0.1, 0.15) is 17.3 Å². The Bertz CT molecular complexity index is 992. The molecule has 2 aromatic rings. The van der Waals surface area contributed by atoms with E-state index in [2.05, 4.69) is 26.1 Å². The molecule has 0 bridgehead atoms. The minimum atomic E-state index is -2.93. The lowest BCUT2D eigenvalue weighted by atomic mass is 9.98. The first-order chi connectivity index (χ1) is 15.4. The van der Waals surface area contributed by atoms with Crippen LogP contribution < -0.4 is 10.1 Å². The number of nitriles is 1. The number of aldehydes is 1. The molecule has 1 aromatic heterocycles. The second-order valence-electron chi connectivity index (χ2n) is 7.47. The van der Waals surface area contributed by atoms with Gasteiger partial charge in [-0.15, -0.1) is 0 Å². The van der Waals surface area contributed by atoms with E-state index in [1.165, 1.54) is 12.4 Å². The zero-order valence-electron chi connectivity index (χ0n) is 17.4. The van der Waals surface area contributed by atoms with E-state index < -0.39 is 17.6 Å². The maximum atomic E-state index is 13.1. The quantitative estimate of drug-likeness (QED) is 0.570. The van der Waals surface area contributed by atoms with E-state index in [4.69, 9.17) is 0 Å². The number of hydrogen-bond donors (Lipinski definition) is 1. The highest BCUT2D eigenvalue weighted by atomic mass is 32.2. The maximum absolute atomic E-state index is 13.1. The van der Waals surface area contributed by atoms with E-state index in [9.17, 15) is 23.0 Å². The fourth-order valence-electron chi connectivity index (χ4n) is 3.40. The van der Waals surface area contributed by atoms with Gasteiger partial charge in [-0.3, -0.25) is 0 Å². The molecule has 0 amide bonds. The third kappa shape index (κ3) is 6.27. The van der Waals surface area contributed by atoms with Crippen molar-refractivity contribution in [2.24, 2.45) is 5.92 Å². The second kappa shape index (κ2) is 11.1. The number of benzene rings is 1. The molecule has 32 heavy (non-hydrogen) atoms. The van der Waals surface area contributed by atoms with E-state index in [0.29, 0.717) is 54.3 Å². The first-order valence-electron chi connectivity index (χ1n) is 10.1. The largest absolute Gasteiger partial charge is 0.432 e. The number of alkyl halides is 2. The molecule has 2 unspecified atom stereocenters. The molecule has 1 saturated heterocycles. The number of anilines is 1. The van der Waals surface area contributed by atoms with Crippen LogP contribution >= 0.6 is 0 Å². The fourth-order valence-corrected chi connectivity index (χ4v) is 4.67. The summed E-state index contributed by atoms with van der Waals surface area (Å²) in [6.07, 6.45) is 5.00. The summed E-state index contributed by atoms with van der Waals surface area (Å²) in [6, 6.07) is 7.25. The van der Waals surface area contributed by atoms with E-state index in [1.807, 2.05) is 4.31 Å². The number of carbonyl (C=O) groups is 1. The molecule has 2 heterocycles. The zero-order valence-corrected chi connectivity index (χ0v) is 18.2. The number of halogens is 2. The molecule has 2 atom stereocenters. The molecule has 170 valence electrons. The van der Waals surface area contributed by atoms with Gasteiger partial charge in [-0.25, -0.2) is 18.5 Å². The minimum absolute atomic E-state index is 0.0510. The first kappa shape index (κ1) is 23.7. The van der Waals surface area contributed by atoms with Crippen LogP contribution in [0.2, 0.25) is 0 Å². The average Bonchev–Trinajstić information content (AvgIpc) is 2.80. The molecule has 8 nitrogen and oxygen atoms in total. The summed E-state index contributed by atoms with van der Waals surface area (Å²) < 4.78 is 43.5. The van der Waals surface area contributed by atoms with Crippen LogP contribution in [0.3, 0.4) is 0 Å². The third-order valence-corrected chi connectivity index (χ3v) is 6.54. The number of aromatic nitrogens is 2. The first-order valence-corrected chi connectivity index (χ1v) is 11.2. The maximum Gasteiger partial charge on any atom is 0.387 e. The smallest absolute Gasteiger partial charge is 0.387 e. The van der Waals surface area contributed by atoms with Crippen LogP contribution in [0, 0.1) is 17.2 Å². The van der Waals surface area contributed by atoms with Gasteiger partial charge in [-0.1, -0.05) is 6.92 Å². The summed E-state index contributed by atoms with van der Waals surface area (Å²) >= 11 is 0. The van der Waals surface area contributed by atoms with Crippen LogP contribution in [-0.4, -0.2) is 50.5 Å². The van der Waals surface area contributed by atoms with E-state index >= 15 is 0 Å². The molecule has 3 rings (SSSR count). The predicted octanol–water partition coefficient (Wildman–Crippen LogP) is 2.93. The van der Waals surface area contributed by atoms with Gasteiger partial charge in [0.05, 0.1) is 28.9 Å². The summed E-state index contributed by atoms with van der Waals surface area (Å²) in [5.41, 5.74) is 1.19. The van der Waals surface area contributed by atoms with Gasteiger partial charge in [-0.05, 0) is 43.0 Å². The van der Waals surface area contributed by atoms with Gasteiger partial charge < -0.3 is 14.8 Å². The van der Waals surface area contributed by atoms with Crippen LogP contribution in [0.15, 0.2) is 35.5 Å². The van der Waals surface area contributed by atoms with E-state index in [0.717, 1.165) is 6.29 Å². The molecular weight excluding hydrogens is 440 g/mol. The molecule has 1 aliphatic rings. The highest BCUT2D eigenvalue weighted by Crippen LogP contribution is 2.23. The number of nitrogens with one attached hydrogen (secondary N) is 1. The van der Waals surface area contributed by atoms with Gasteiger partial charge in [0.25, 0.3) is 0 Å². The molecular formula is C21H23F2N5O3S. The Balaban J connectivity index is 1.58. The SMILES string of the molecule is CC(C=O)Cc1cc(S(=O)N2CCC(Nc3ncc(OC(F)F)cn3)CC2)ccc1C#N. The standard InChI is InChI=1S/C21H23F2N5O3S/c1-14(13-29)8-16-9-19(3-2-15(16)10-24)32(30)28-6-4-17(5-7-28)27-21-25-11-18(12-26-21)31-20(22)23/h2-3,9,11-14,17,20H,4-8H2,1H3,(H,25,26,27). The van der Waals surface area contributed by atoms with Crippen LogP contribution in [-0.2, 0) is 22.2 Å². The van der Waals surface area contributed by atoms with Crippen molar-refractivity contribution in [2.75, 3.05) is 18.4 Å². The molecule has 0 aliphatic carbocycles. The van der Waals surface area contributed by atoms with Crippen molar-refractivity contribution < 1.29 is 22.5 Å².